The van der Waals surface area contributed by atoms with Gasteiger partial charge in [-0.3, -0.25) is 10.1 Å². The van der Waals surface area contributed by atoms with Crippen LogP contribution >= 0.6 is 0 Å². The molecule has 0 radical (unpaired) electrons. The second-order valence-electron chi connectivity index (χ2n) is 7.08. The quantitative estimate of drug-likeness (QED) is 0.836. The summed E-state index contributed by atoms with van der Waals surface area (Å²) in [4.78, 5) is 12.3. The zero-order chi connectivity index (χ0) is 17.8. The molecule has 134 valence electrons. The van der Waals surface area contributed by atoms with E-state index in [9.17, 15) is 4.79 Å². The normalized spacial score (nSPS) is 16.1. The predicted octanol–water partition coefficient (Wildman–Crippen LogP) is 3.99. The number of rotatable bonds is 6. The molecule has 1 aromatic heterocycles. The third-order valence-electron chi connectivity index (χ3n) is 5.01. The van der Waals surface area contributed by atoms with Crippen LogP contribution in [-0.4, -0.2) is 12.5 Å². The van der Waals surface area contributed by atoms with Gasteiger partial charge in [0.25, 0.3) is 0 Å². The Morgan fingerprint density at radius 1 is 1.08 bits per heavy atom. The van der Waals surface area contributed by atoms with Crippen molar-refractivity contribution in [2.75, 3.05) is 6.54 Å². The molecule has 0 saturated heterocycles. The van der Waals surface area contributed by atoms with Crippen LogP contribution in [0.15, 0.2) is 34.7 Å². The van der Waals surface area contributed by atoms with Gasteiger partial charge in [-0.15, -0.1) is 0 Å². The van der Waals surface area contributed by atoms with Crippen LogP contribution in [0, 0.1) is 6.92 Å². The minimum atomic E-state index is 0.000323. The van der Waals surface area contributed by atoms with Crippen molar-refractivity contribution in [3.05, 3.63) is 58.5 Å². The summed E-state index contributed by atoms with van der Waals surface area (Å²) >= 11 is 0. The van der Waals surface area contributed by atoms with Crippen molar-refractivity contribution in [3.8, 4) is 0 Å². The zero-order valence-corrected chi connectivity index (χ0v) is 15.4. The summed E-state index contributed by atoms with van der Waals surface area (Å²) in [7, 11) is 0. The van der Waals surface area contributed by atoms with Crippen LogP contribution in [0.4, 0.5) is 0 Å². The van der Waals surface area contributed by atoms with Crippen LogP contribution in [-0.2, 0) is 17.6 Å². The van der Waals surface area contributed by atoms with Crippen molar-refractivity contribution in [2.45, 2.75) is 58.5 Å². The van der Waals surface area contributed by atoms with Gasteiger partial charge in [-0.25, -0.2) is 0 Å². The average molecular weight is 340 g/mol. The first kappa shape index (κ1) is 17.7. The summed E-state index contributed by atoms with van der Waals surface area (Å²) < 4.78 is 5.59. The molecule has 1 amide bonds. The van der Waals surface area contributed by atoms with Gasteiger partial charge in [0, 0.05) is 0 Å². The fourth-order valence-electron chi connectivity index (χ4n) is 3.43. The van der Waals surface area contributed by atoms with Crippen molar-refractivity contribution in [1.82, 2.24) is 10.6 Å². The third kappa shape index (κ3) is 4.51. The van der Waals surface area contributed by atoms with E-state index in [1.165, 1.54) is 36.0 Å². The highest BCUT2D eigenvalue weighted by molar-refractivity contribution is 5.78. The molecule has 3 rings (SSSR count). The highest BCUT2D eigenvalue weighted by atomic mass is 16.3. The molecule has 0 aliphatic heterocycles. The second-order valence-corrected chi connectivity index (χ2v) is 7.08. The zero-order valence-electron chi connectivity index (χ0n) is 15.4. The van der Waals surface area contributed by atoms with Crippen LogP contribution in [0.2, 0.25) is 0 Å². The molecule has 2 N–H and O–H groups in total. The minimum Gasteiger partial charge on any atom is -0.465 e. The lowest BCUT2D eigenvalue weighted by molar-refractivity contribution is -0.121. The van der Waals surface area contributed by atoms with Gasteiger partial charge in [0.2, 0.25) is 5.91 Å². The number of carbonyl (C=O) groups excluding carboxylic acids is 1. The van der Waals surface area contributed by atoms with E-state index in [-0.39, 0.29) is 24.5 Å². The number of benzene rings is 1. The van der Waals surface area contributed by atoms with Gasteiger partial charge in [-0.2, -0.15) is 0 Å². The van der Waals surface area contributed by atoms with Crippen molar-refractivity contribution in [3.63, 3.8) is 0 Å². The Morgan fingerprint density at radius 3 is 2.56 bits per heavy atom. The van der Waals surface area contributed by atoms with Gasteiger partial charge < -0.3 is 9.73 Å². The summed E-state index contributed by atoms with van der Waals surface area (Å²) in [6.07, 6.45) is 4.90. The molecule has 0 fully saturated rings. The van der Waals surface area contributed by atoms with Crippen LogP contribution in [0.3, 0.4) is 0 Å². The Kier molecular flexibility index (Phi) is 5.59. The maximum Gasteiger partial charge on any atom is 0.234 e. The van der Waals surface area contributed by atoms with E-state index >= 15 is 0 Å². The number of amides is 1. The third-order valence-corrected chi connectivity index (χ3v) is 5.01. The molecule has 1 heterocycles. The summed E-state index contributed by atoms with van der Waals surface area (Å²) in [6, 6.07) is 10.6. The molecular weight excluding hydrogens is 312 g/mol. The minimum absolute atomic E-state index is 0.000323. The fraction of sp³-hybridized carbons (Fsp3) is 0.476. The number of aryl methyl sites for hydroxylation is 3. The molecule has 25 heavy (non-hydrogen) atoms. The fourth-order valence-corrected chi connectivity index (χ4v) is 3.43. The van der Waals surface area contributed by atoms with E-state index in [1.54, 1.807) is 0 Å². The maximum absolute atomic E-state index is 12.3. The lowest BCUT2D eigenvalue weighted by Crippen LogP contribution is -2.36. The van der Waals surface area contributed by atoms with Crippen LogP contribution < -0.4 is 10.6 Å². The smallest absolute Gasteiger partial charge is 0.234 e. The number of furan rings is 1. The first-order valence-electron chi connectivity index (χ1n) is 9.23. The molecule has 2 unspecified atom stereocenters. The van der Waals surface area contributed by atoms with E-state index in [0.29, 0.717) is 0 Å². The van der Waals surface area contributed by atoms with Crippen LogP contribution in [0.25, 0.3) is 0 Å². The number of nitrogens with one attached hydrogen (secondary N) is 2. The van der Waals surface area contributed by atoms with Crippen molar-refractivity contribution >= 4 is 5.91 Å². The Bertz CT molecular complexity index is 735. The standard InChI is InChI=1S/C21H28N2O2/c1-14-8-11-20(25-14)16(3)22-13-21(24)23-15(2)18-10-9-17-6-4-5-7-19(17)12-18/h8-12,15-16,22H,4-7,13H2,1-3H3,(H,23,24). The Labute approximate surface area is 150 Å². The van der Waals surface area contributed by atoms with E-state index in [0.717, 1.165) is 17.9 Å². The van der Waals surface area contributed by atoms with Gasteiger partial charge in [0.05, 0.1) is 18.6 Å². The molecule has 1 aromatic carbocycles. The van der Waals surface area contributed by atoms with Crippen LogP contribution in [0.5, 0.6) is 0 Å². The number of hydrogen-bond acceptors (Lipinski definition) is 3. The molecule has 2 aromatic rings. The number of carbonyl (C=O) groups is 1. The molecule has 0 bridgehead atoms. The maximum atomic E-state index is 12.3. The average Bonchev–Trinajstić information content (AvgIpc) is 3.05. The Balaban J connectivity index is 1.52. The van der Waals surface area contributed by atoms with Crippen molar-refractivity contribution in [2.24, 2.45) is 0 Å². The molecule has 0 spiro atoms. The van der Waals surface area contributed by atoms with Crippen molar-refractivity contribution < 1.29 is 9.21 Å². The van der Waals surface area contributed by atoms with E-state index in [2.05, 4.69) is 28.8 Å². The molecule has 1 aliphatic carbocycles. The molecular formula is C21H28N2O2. The largest absolute Gasteiger partial charge is 0.465 e. The summed E-state index contributed by atoms with van der Waals surface area (Å²) in [5.41, 5.74) is 4.10. The van der Waals surface area contributed by atoms with Gasteiger partial charge >= 0.3 is 0 Å². The number of hydrogen-bond donors (Lipinski definition) is 2. The van der Waals surface area contributed by atoms with Gasteiger partial charge in [-0.1, -0.05) is 18.2 Å². The SMILES string of the molecule is Cc1ccc(C(C)NCC(=O)NC(C)c2ccc3c(c2)CCCC3)o1. The lowest BCUT2D eigenvalue weighted by atomic mass is 9.89. The van der Waals surface area contributed by atoms with E-state index < -0.39 is 0 Å². The van der Waals surface area contributed by atoms with Crippen molar-refractivity contribution in [1.29, 1.82) is 0 Å². The van der Waals surface area contributed by atoms with E-state index in [4.69, 9.17) is 4.42 Å². The van der Waals surface area contributed by atoms with E-state index in [1.807, 2.05) is 32.9 Å². The molecule has 1 aliphatic rings. The predicted molar refractivity (Wildman–Crippen MR) is 99.5 cm³/mol. The topological polar surface area (TPSA) is 54.3 Å². The first-order valence-corrected chi connectivity index (χ1v) is 9.23. The summed E-state index contributed by atoms with van der Waals surface area (Å²) in [5.74, 6) is 1.74. The lowest BCUT2D eigenvalue weighted by Gasteiger charge is -2.20. The second kappa shape index (κ2) is 7.87. The highest BCUT2D eigenvalue weighted by Crippen LogP contribution is 2.24. The Morgan fingerprint density at radius 2 is 1.84 bits per heavy atom. The summed E-state index contributed by atoms with van der Waals surface area (Å²) in [5, 5.41) is 6.30. The number of fused-ring (bicyclic) bond motifs is 1. The van der Waals surface area contributed by atoms with Gasteiger partial charge in [0.1, 0.15) is 11.5 Å². The van der Waals surface area contributed by atoms with Crippen LogP contribution in [0.1, 0.15) is 67.0 Å². The van der Waals surface area contributed by atoms with Gasteiger partial charge in [-0.05, 0) is 75.3 Å². The molecule has 0 saturated carbocycles. The first-order chi connectivity index (χ1) is 12.0. The summed E-state index contributed by atoms with van der Waals surface area (Å²) in [6.45, 7) is 6.24. The highest BCUT2D eigenvalue weighted by Gasteiger charge is 2.15. The molecule has 2 atom stereocenters. The van der Waals surface area contributed by atoms with Gasteiger partial charge in [0.15, 0.2) is 0 Å². The molecule has 4 heteroatoms. The Hall–Kier alpha value is -2.07. The molecule has 4 nitrogen and oxygen atoms in total. The monoisotopic (exact) mass is 340 g/mol.